The minimum absolute atomic E-state index is 0.0939. The zero-order valence-corrected chi connectivity index (χ0v) is 18.3. The Morgan fingerprint density at radius 2 is 2.03 bits per heavy atom. The molecule has 5 rings (SSSR count). The van der Waals surface area contributed by atoms with Crippen LogP contribution in [0.25, 0.3) is 0 Å². The SMILES string of the molecule is O=C(Nc1nc2c(s1)CN(c1nc(C3CCC(F)(F)CC3)no1)CC2)N[C@@H]1CCC[C@H]1O. The summed E-state index contributed by atoms with van der Waals surface area (Å²) in [6.07, 6.45) is 2.99. The maximum atomic E-state index is 13.4. The molecule has 0 bridgehead atoms. The van der Waals surface area contributed by atoms with E-state index in [4.69, 9.17) is 4.52 Å². The largest absolute Gasteiger partial charge is 0.391 e. The average molecular weight is 469 g/mol. The number of alkyl halides is 2. The molecular formula is C20H26F2N6O3S. The number of aromatic nitrogens is 3. The van der Waals surface area contributed by atoms with Crippen LogP contribution in [0.4, 0.5) is 24.7 Å². The number of fused-ring (bicyclic) bond motifs is 1. The summed E-state index contributed by atoms with van der Waals surface area (Å²) in [5, 5.41) is 20.0. The molecular weight excluding hydrogens is 442 g/mol. The highest BCUT2D eigenvalue weighted by Gasteiger charge is 2.37. The number of carbonyl (C=O) groups is 1. The fourth-order valence-corrected chi connectivity index (χ4v) is 5.66. The third-order valence-electron chi connectivity index (χ3n) is 6.53. The first-order valence-corrected chi connectivity index (χ1v) is 11.9. The van der Waals surface area contributed by atoms with Gasteiger partial charge in [0.25, 0.3) is 0 Å². The zero-order valence-electron chi connectivity index (χ0n) is 17.5. The van der Waals surface area contributed by atoms with Gasteiger partial charge in [0, 0.05) is 36.6 Å². The Kier molecular flexibility index (Phi) is 5.74. The molecule has 0 unspecified atom stereocenters. The van der Waals surface area contributed by atoms with E-state index in [1.807, 2.05) is 4.90 Å². The predicted octanol–water partition coefficient (Wildman–Crippen LogP) is 3.42. The third-order valence-corrected chi connectivity index (χ3v) is 7.53. The van der Waals surface area contributed by atoms with Gasteiger partial charge in [-0.2, -0.15) is 4.98 Å². The van der Waals surface area contributed by atoms with Gasteiger partial charge >= 0.3 is 12.0 Å². The molecule has 2 aromatic heterocycles. The van der Waals surface area contributed by atoms with Gasteiger partial charge < -0.3 is 19.8 Å². The van der Waals surface area contributed by atoms with E-state index in [0.717, 1.165) is 23.4 Å². The molecule has 2 fully saturated rings. The van der Waals surface area contributed by atoms with E-state index in [1.165, 1.54) is 11.3 Å². The maximum absolute atomic E-state index is 13.4. The van der Waals surface area contributed by atoms with Crippen LogP contribution in [0.1, 0.15) is 67.3 Å². The number of nitrogens with zero attached hydrogens (tertiary/aromatic N) is 4. The van der Waals surface area contributed by atoms with E-state index in [1.54, 1.807) is 0 Å². The number of carbonyl (C=O) groups excluding carboxylic acids is 1. The van der Waals surface area contributed by atoms with Crippen LogP contribution in [0.2, 0.25) is 0 Å². The number of aliphatic hydroxyl groups is 1. The summed E-state index contributed by atoms with van der Waals surface area (Å²) in [7, 11) is 0. The molecule has 2 aliphatic carbocycles. The number of amides is 2. The van der Waals surface area contributed by atoms with Crippen LogP contribution < -0.4 is 15.5 Å². The molecule has 3 aliphatic rings. The van der Waals surface area contributed by atoms with Crippen molar-refractivity contribution in [3.05, 3.63) is 16.4 Å². The Morgan fingerprint density at radius 3 is 2.78 bits per heavy atom. The summed E-state index contributed by atoms with van der Waals surface area (Å²) in [6.45, 7) is 1.17. The van der Waals surface area contributed by atoms with Crippen LogP contribution in [0.5, 0.6) is 0 Å². The first-order valence-electron chi connectivity index (χ1n) is 11.1. The summed E-state index contributed by atoms with van der Waals surface area (Å²) in [6, 6.07) is -0.195. The minimum atomic E-state index is -2.59. The zero-order chi connectivity index (χ0) is 22.3. The van der Waals surface area contributed by atoms with Crippen molar-refractivity contribution < 1.29 is 23.2 Å². The van der Waals surface area contributed by atoms with Crippen LogP contribution in [0.3, 0.4) is 0 Å². The van der Waals surface area contributed by atoms with Crippen molar-refractivity contribution in [3.8, 4) is 0 Å². The van der Waals surface area contributed by atoms with E-state index in [-0.39, 0.29) is 30.8 Å². The number of halogens is 2. The molecule has 0 saturated heterocycles. The summed E-state index contributed by atoms with van der Waals surface area (Å²) in [4.78, 5) is 24.2. The standard InChI is InChI=1S/C20H26F2N6O3S/c21-20(22)7-4-11(5-8-20)16-25-19(31-27-16)28-9-6-13-15(10-28)32-18(24-13)26-17(30)23-12-2-1-3-14(12)29/h11-12,14,29H,1-10H2,(H2,23,24,26,30)/t12-,14-/m1/s1. The van der Waals surface area contributed by atoms with E-state index in [9.17, 15) is 18.7 Å². The fraction of sp³-hybridized carbons (Fsp3) is 0.700. The number of anilines is 2. The minimum Gasteiger partial charge on any atom is -0.391 e. The molecule has 0 radical (unpaired) electrons. The van der Waals surface area contributed by atoms with Gasteiger partial charge in [-0.3, -0.25) is 5.32 Å². The molecule has 9 nitrogen and oxygen atoms in total. The highest BCUT2D eigenvalue weighted by Crippen LogP contribution is 2.40. The van der Waals surface area contributed by atoms with Crippen LogP contribution in [0.15, 0.2) is 4.52 Å². The number of hydrogen-bond donors (Lipinski definition) is 3. The van der Waals surface area contributed by atoms with Crippen LogP contribution in [-0.4, -0.2) is 50.9 Å². The Hall–Kier alpha value is -2.34. The van der Waals surface area contributed by atoms with Gasteiger partial charge in [-0.05, 0) is 32.1 Å². The molecule has 3 heterocycles. The molecule has 32 heavy (non-hydrogen) atoms. The quantitative estimate of drug-likeness (QED) is 0.630. The van der Waals surface area contributed by atoms with Crippen LogP contribution in [0, 0.1) is 0 Å². The van der Waals surface area contributed by atoms with E-state index in [0.29, 0.717) is 55.7 Å². The van der Waals surface area contributed by atoms with Crippen molar-refractivity contribution in [2.45, 2.75) is 81.9 Å². The van der Waals surface area contributed by atoms with Gasteiger partial charge in [0.05, 0.1) is 24.4 Å². The number of nitrogens with one attached hydrogen (secondary N) is 2. The summed E-state index contributed by atoms with van der Waals surface area (Å²) < 4.78 is 32.3. The fourth-order valence-electron chi connectivity index (χ4n) is 4.64. The van der Waals surface area contributed by atoms with Crippen molar-refractivity contribution in [1.29, 1.82) is 0 Å². The van der Waals surface area contributed by atoms with Gasteiger partial charge in [0.2, 0.25) is 5.92 Å². The highest BCUT2D eigenvalue weighted by atomic mass is 32.1. The van der Waals surface area contributed by atoms with Crippen molar-refractivity contribution in [1.82, 2.24) is 20.4 Å². The van der Waals surface area contributed by atoms with Gasteiger partial charge in [-0.25, -0.2) is 18.6 Å². The molecule has 2 saturated carbocycles. The molecule has 2 aromatic rings. The number of aliphatic hydroxyl groups excluding tert-OH is 1. The number of hydrogen-bond acceptors (Lipinski definition) is 8. The molecule has 12 heteroatoms. The van der Waals surface area contributed by atoms with Crippen molar-refractivity contribution in [2.24, 2.45) is 0 Å². The molecule has 2 amide bonds. The average Bonchev–Trinajstić information content (AvgIpc) is 3.47. The highest BCUT2D eigenvalue weighted by molar-refractivity contribution is 7.15. The molecule has 3 N–H and O–H groups in total. The Morgan fingerprint density at radius 1 is 1.22 bits per heavy atom. The Balaban J connectivity index is 1.19. The van der Waals surface area contributed by atoms with E-state index in [2.05, 4.69) is 25.8 Å². The van der Waals surface area contributed by atoms with Crippen molar-refractivity contribution >= 4 is 28.5 Å². The number of urea groups is 1. The second-order valence-corrected chi connectivity index (χ2v) is 9.91. The van der Waals surface area contributed by atoms with E-state index < -0.39 is 12.0 Å². The van der Waals surface area contributed by atoms with Crippen LogP contribution in [-0.2, 0) is 13.0 Å². The normalized spacial score (nSPS) is 25.5. The lowest BCUT2D eigenvalue weighted by atomic mass is 9.86. The molecule has 174 valence electrons. The van der Waals surface area contributed by atoms with Gasteiger partial charge in [-0.15, -0.1) is 0 Å². The molecule has 0 spiro atoms. The first kappa shape index (κ1) is 21.5. The van der Waals surface area contributed by atoms with Crippen molar-refractivity contribution in [2.75, 3.05) is 16.8 Å². The van der Waals surface area contributed by atoms with E-state index >= 15 is 0 Å². The smallest absolute Gasteiger partial charge is 0.324 e. The Bertz CT molecular complexity index is 972. The van der Waals surface area contributed by atoms with Gasteiger partial charge in [0.15, 0.2) is 11.0 Å². The van der Waals surface area contributed by atoms with Gasteiger partial charge in [0.1, 0.15) is 0 Å². The molecule has 0 aromatic carbocycles. The Labute approximate surface area is 187 Å². The maximum Gasteiger partial charge on any atom is 0.324 e. The lowest BCUT2D eigenvalue weighted by Crippen LogP contribution is -2.42. The van der Waals surface area contributed by atoms with Crippen LogP contribution >= 0.6 is 11.3 Å². The summed E-state index contributed by atoms with van der Waals surface area (Å²) >= 11 is 1.39. The predicted molar refractivity (Wildman–Crippen MR) is 113 cm³/mol. The molecule has 1 aliphatic heterocycles. The second-order valence-electron chi connectivity index (χ2n) is 8.83. The lowest BCUT2D eigenvalue weighted by molar-refractivity contribution is -0.0389. The number of thiazole rings is 1. The summed E-state index contributed by atoms with van der Waals surface area (Å²) in [5.74, 6) is -2.18. The second kappa shape index (κ2) is 8.54. The topological polar surface area (TPSA) is 116 Å². The lowest BCUT2D eigenvalue weighted by Gasteiger charge is -2.26. The summed E-state index contributed by atoms with van der Waals surface area (Å²) in [5.41, 5.74) is 0.928. The van der Waals surface area contributed by atoms with Gasteiger partial charge in [-0.1, -0.05) is 16.5 Å². The first-order chi connectivity index (χ1) is 15.4. The third kappa shape index (κ3) is 4.56. The molecule has 2 atom stereocenters. The van der Waals surface area contributed by atoms with Crippen molar-refractivity contribution in [3.63, 3.8) is 0 Å². The monoisotopic (exact) mass is 468 g/mol. The number of rotatable bonds is 4.